The third-order valence-electron chi connectivity index (χ3n) is 5.23. The summed E-state index contributed by atoms with van der Waals surface area (Å²) in [5.41, 5.74) is 0. The van der Waals surface area contributed by atoms with Crippen LogP contribution in [0.3, 0.4) is 0 Å². The van der Waals surface area contributed by atoms with Crippen LogP contribution >= 0.6 is 0 Å². The zero-order valence-electron chi connectivity index (χ0n) is 10.5. The maximum absolute atomic E-state index is 5.60. The fourth-order valence-electron chi connectivity index (χ4n) is 4.12. The molecule has 3 rings (SSSR count). The molecule has 0 aromatic carbocycles. The molecule has 2 nitrogen and oxygen atoms in total. The molecule has 5 atom stereocenters. The quantitative estimate of drug-likeness (QED) is 0.790. The molecule has 1 aliphatic heterocycles. The van der Waals surface area contributed by atoms with Gasteiger partial charge >= 0.3 is 0 Å². The van der Waals surface area contributed by atoms with E-state index in [1.165, 1.54) is 45.2 Å². The Morgan fingerprint density at radius 2 is 1.94 bits per heavy atom. The van der Waals surface area contributed by atoms with Crippen LogP contribution in [0.4, 0.5) is 0 Å². The molecule has 0 aromatic heterocycles. The monoisotopic (exact) mass is 223 g/mol. The van der Waals surface area contributed by atoms with Gasteiger partial charge in [0.25, 0.3) is 0 Å². The van der Waals surface area contributed by atoms with Crippen LogP contribution in [0.2, 0.25) is 0 Å². The first-order chi connectivity index (χ1) is 7.83. The Labute approximate surface area is 99.1 Å². The largest absolute Gasteiger partial charge is 0.378 e. The Balaban J connectivity index is 1.37. The smallest absolute Gasteiger partial charge is 0.0588 e. The highest BCUT2D eigenvalue weighted by molar-refractivity contribution is 4.91. The van der Waals surface area contributed by atoms with Crippen LogP contribution in [0.1, 0.15) is 39.0 Å². The Morgan fingerprint density at radius 3 is 2.56 bits per heavy atom. The van der Waals surface area contributed by atoms with Gasteiger partial charge in [0.15, 0.2) is 0 Å². The first-order valence-electron chi connectivity index (χ1n) is 7.15. The van der Waals surface area contributed by atoms with E-state index in [2.05, 4.69) is 12.2 Å². The minimum absolute atomic E-state index is 0.479. The van der Waals surface area contributed by atoms with E-state index >= 15 is 0 Å². The number of hydrogen-bond donors (Lipinski definition) is 1. The first kappa shape index (κ1) is 11.0. The number of fused-ring (bicyclic) bond motifs is 2. The van der Waals surface area contributed by atoms with E-state index < -0.39 is 0 Å². The van der Waals surface area contributed by atoms with Crippen LogP contribution in [0.5, 0.6) is 0 Å². The van der Waals surface area contributed by atoms with E-state index in [0.717, 1.165) is 30.3 Å². The predicted molar refractivity (Wildman–Crippen MR) is 65.3 cm³/mol. The fourth-order valence-corrected chi connectivity index (χ4v) is 4.12. The van der Waals surface area contributed by atoms with Gasteiger partial charge in [-0.15, -0.1) is 0 Å². The highest BCUT2D eigenvalue weighted by Gasteiger charge is 2.39. The molecule has 2 heteroatoms. The predicted octanol–water partition coefficient (Wildman–Crippen LogP) is 2.44. The van der Waals surface area contributed by atoms with Gasteiger partial charge in [-0.3, -0.25) is 0 Å². The molecule has 0 spiro atoms. The van der Waals surface area contributed by atoms with Gasteiger partial charge in [0, 0.05) is 13.2 Å². The lowest BCUT2D eigenvalue weighted by atomic mass is 9.88. The molecule has 16 heavy (non-hydrogen) atoms. The van der Waals surface area contributed by atoms with E-state index in [1.54, 1.807) is 0 Å². The van der Waals surface area contributed by atoms with E-state index in [-0.39, 0.29) is 0 Å². The average molecular weight is 223 g/mol. The molecule has 2 bridgehead atoms. The summed E-state index contributed by atoms with van der Waals surface area (Å²) in [4.78, 5) is 0. The Bertz CT molecular complexity index is 243. The Hall–Kier alpha value is -0.0800. The SMILES string of the molecule is CC1OCCC1CNCC1CC2CCC1C2. The topological polar surface area (TPSA) is 21.3 Å². The van der Waals surface area contributed by atoms with Crippen molar-refractivity contribution in [2.75, 3.05) is 19.7 Å². The molecule has 92 valence electrons. The second-order valence-corrected chi connectivity index (χ2v) is 6.22. The zero-order valence-corrected chi connectivity index (χ0v) is 10.5. The average Bonchev–Trinajstić information content (AvgIpc) is 2.96. The van der Waals surface area contributed by atoms with Crippen LogP contribution in [0, 0.1) is 23.7 Å². The van der Waals surface area contributed by atoms with E-state index in [9.17, 15) is 0 Å². The normalized spacial score (nSPS) is 46.7. The van der Waals surface area contributed by atoms with Crippen molar-refractivity contribution in [3.8, 4) is 0 Å². The molecular weight excluding hydrogens is 198 g/mol. The number of rotatable bonds is 4. The number of hydrogen-bond acceptors (Lipinski definition) is 2. The third-order valence-corrected chi connectivity index (χ3v) is 5.23. The molecule has 2 aliphatic carbocycles. The molecule has 3 aliphatic rings. The maximum atomic E-state index is 5.60. The summed E-state index contributed by atoms with van der Waals surface area (Å²) >= 11 is 0. The molecular formula is C14H25NO. The second-order valence-electron chi connectivity index (χ2n) is 6.22. The molecule has 1 heterocycles. The van der Waals surface area contributed by atoms with E-state index in [0.29, 0.717) is 6.10 Å². The molecule has 5 unspecified atom stereocenters. The number of nitrogens with one attached hydrogen (secondary N) is 1. The number of ether oxygens (including phenoxy) is 1. The third kappa shape index (κ3) is 2.14. The van der Waals surface area contributed by atoms with Crippen molar-refractivity contribution < 1.29 is 4.74 Å². The summed E-state index contributed by atoms with van der Waals surface area (Å²) in [6.07, 6.45) is 7.82. The van der Waals surface area contributed by atoms with Crippen LogP contribution in [0.15, 0.2) is 0 Å². The van der Waals surface area contributed by atoms with Crippen molar-refractivity contribution in [1.29, 1.82) is 0 Å². The van der Waals surface area contributed by atoms with Crippen molar-refractivity contribution in [3.05, 3.63) is 0 Å². The van der Waals surface area contributed by atoms with Gasteiger partial charge in [-0.2, -0.15) is 0 Å². The molecule has 0 radical (unpaired) electrons. The molecule has 0 amide bonds. The summed E-state index contributed by atoms with van der Waals surface area (Å²) in [5, 5.41) is 3.70. The zero-order chi connectivity index (χ0) is 11.0. The summed E-state index contributed by atoms with van der Waals surface area (Å²) in [5.74, 6) is 3.91. The maximum Gasteiger partial charge on any atom is 0.0588 e. The lowest BCUT2D eigenvalue weighted by Gasteiger charge is -2.23. The van der Waals surface area contributed by atoms with Crippen molar-refractivity contribution in [2.45, 2.75) is 45.1 Å². The van der Waals surface area contributed by atoms with Crippen LogP contribution in [-0.2, 0) is 4.74 Å². The van der Waals surface area contributed by atoms with E-state index in [4.69, 9.17) is 4.74 Å². The first-order valence-corrected chi connectivity index (χ1v) is 7.15. The van der Waals surface area contributed by atoms with Gasteiger partial charge in [0.05, 0.1) is 6.10 Å². The lowest BCUT2D eigenvalue weighted by molar-refractivity contribution is 0.105. The van der Waals surface area contributed by atoms with Crippen molar-refractivity contribution >= 4 is 0 Å². The minimum atomic E-state index is 0.479. The Kier molecular flexibility index (Phi) is 3.21. The van der Waals surface area contributed by atoms with Gasteiger partial charge in [-0.05, 0) is 62.8 Å². The minimum Gasteiger partial charge on any atom is -0.378 e. The summed E-state index contributed by atoms with van der Waals surface area (Å²) in [7, 11) is 0. The van der Waals surface area contributed by atoms with Crippen LogP contribution in [0.25, 0.3) is 0 Å². The molecule has 2 saturated carbocycles. The van der Waals surface area contributed by atoms with Crippen molar-refractivity contribution in [2.24, 2.45) is 23.7 Å². The standard InChI is InChI=1S/C14H25NO/c1-10-13(4-5-16-10)8-15-9-14-7-11-2-3-12(14)6-11/h10-15H,2-9H2,1H3. The lowest BCUT2D eigenvalue weighted by Crippen LogP contribution is -2.32. The summed E-state index contributed by atoms with van der Waals surface area (Å²) in [6, 6.07) is 0. The molecule has 0 aromatic rings. The van der Waals surface area contributed by atoms with Crippen molar-refractivity contribution in [1.82, 2.24) is 5.32 Å². The Morgan fingerprint density at radius 1 is 1.06 bits per heavy atom. The van der Waals surface area contributed by atoms with Gasteiger partial charge < -0.3 is 10.1 Å². The van der Waals surface area contributed by atoms with Crippen LogP contribution < -0.4 is 5.32 Å². The molecule has 1 N–H and O–H groups in total. The van der Waals surface area contributed by atoms with Gasteiger partial charge in [0.1, 0.15) is 0 Å². The van der Waals surface area contributed by atoms with Crippen LogP contribution in [-0.4, -0.2) is 25.8 Å². The van der Waals surface area contributed by atoms with E-state index in [1.807, 2.05) is 0 Å². The van der Waals surface area contributed by atoms with Crippen molar-refractivity contribution in [3.63, 3.8) is 0 Å². The van der Waals surface area contributed by atoms with Gasteiger partial charge in [-0.25, -0.2) is 0 Å². The van der Waals surface area contributed by atoms with Gasteiger partial charge in [-0.1, -0.05) is 6.42 Å². The highest BCUT2D eigenvalue weighted by Crippen LogP contribution is 2.47. The molecule has 3 fully saturated rings. The second kappa shape index (κ2) is 4.66. The van der Waals surface area contributed by atoms with Gasteiger partial charge in [0.2, 0.25) is 0 Å². The summed E-state index contributed by atoms with van der Waals surface area (Å²) < 4.78 is 5.60. The fraction of sp³-hybridized carbons (Fsp3) is 1.00. The molecule has 1 saturated heterocycles. The highest BCUT2D eigenvalue weighted by atomic mass is 16.5. The summed E-state index contributed by atoms with van der Waals surface area (Å²) in [6.45, 7) is 5.64.